The Morgan fingerprint density at radius 3 is 2.80 bits per heavy atom. The molecule has 5 heteroatoms. The maximum Gasteiger partial charge on any atom is 0.254 e. The van der Waals surface area contributed by atoms with E-state index in [9.17, 15) is 4.79 Å². The summed E-state index contributed by atoms with van der Waals surface area (Å²) < 4.78 is 5.63. The summed E-state index contributed by atoms with van der Waals surface area (Å²) >= 11 is 0. The standard InChI is InChI=1S/C15H22N2O2.ClH/c1-11(2)19-14-6-4-5-12(9-14)15(18)17(3)13-7-8-16-10-13;/h4-6,9,11,13,16H,7-8,10H2,1-3H3;1H. The third kappa shape index (κ3) is 4.12. The van der Waals surface area contributed by atoms with E-state index in [-0.39, 0.29) is 24.4 Å². The van der Waals surface area contributed by atoms with Gasteiger partial charge in [0, 0.05) is 25.2 Å². The van der Waals surface area contributed by atoms with Crippen LogP contribution in [0.5, 0.6) is 5.75 Å². The second-order valence-electron chi connectivity index (χ2n) is 5.26. The van der Waals surface area contributed by atoms with Crippen LogP contribution in [0.15, 0.2) is 24.3 Å². The molecule has 2 rings (SSSR count). The van der Waals surface area contributed by atoms with Gasteiger partial charge >= 0.3 is 0 Å². The number of rotatable bonds is 4. The molecule has 1 aromatic rings. The highest BCUT2D eigenvalue weighted by Crippen LogP contribution is 2.18. The van der Waals surface area contributed by atoms with Crippen LogP contribution < -0.4 is 10.1 Å². The molecule has 1 atom stereocenters. The molecule has 1 aliphatic rings. The third-order valence-electron chi connectivity index (χ3n) is 3.36. The number of ether oxygens (including phenoxy) is 1. The van der Waals surface area contributed by atoms with Crippen molar-refractivity contribution in [3.05, 3.63) is 29.8 Å². The molecule has 1 heterocycles. The van der Waals surface area contributed by atoms with E-state index in [1.807, 2.05) is 50.1 Å². The van der Waals surface area contributed by atoms with E-state index in [4.69, 9.17) is 4.74 Å². The summed E-state index contributed by atoms with van der Waals surface area (Å²) in [6.45, 7) is 5.82. The first-order chi connectivity index (χ1) is 9.08. The minimum absolute atomic E-state index is 0. The largest absolute Gasteiger partial charge is 0.491 e. The SMILES string of the molecule is CC(C)Oc1cccc(C(=O)N(C)C2CCNC2)c1.Cl. The number of nitrogens with zero attached hydrogens (tertiary/aromatic N) is 1. The van der Waals surface area contributed by atoms with E-state index in [0.717, 1.165) is 25.3 Å². The topological polar surface area (TPSA) is 41.6 Å². The van der Waals surface area contributed by atoms with E-state index < -0.39 is 0 Å². The molecule has 1 saturated heterocycles. The predicted octanol–water partition coefficient (Wildman–Crippen LogP) is 2.33. The summed E-state index contributed by atoms with van der Waals surface area (Å²) in [5, 5.41) is 3.28. The lowest BCUT2D eigenvalue weighted by molar-refractivity contribution is 0.0743. The third-order valence-corrected chi connectivity index (χ3v) is 3.36. The summed E-state index contributed by atoms with van der Waals surface area (Å²) in [4.78, 5) is 14.2. The summed E-state index contributed by atoms with van der Waals surface area (Å²) in [7, 11) is 1.87. The molecule has 0 radical (unpaired) electrons. The molecule has 20 heavy (non-hydrogen) atoms. The zero-order valence-corrected chi connectivity index (χ0v) is 13.1. The Bertz CT molecular complexity index is 445. The zero-order valence-electron chi connectivity index (χ0n) is 12.3. The van der Waals surface area contributed by atoms with Crippen molar-refractivity contribution in [1.29, 1.82) is 0 Å². The average molecular weight is 299 g/mol. The maximum absolute atomic E-state index is 12.4. The second kappa shape index (κ2) is 7.50. The molecule has 0 spiro atoms. The fourth-order valence-corrected chi connectivity index (χ4v) is 2.31. The van der Waals surface area contributed by atoms with Crippen LogP contribution in [-0.2, 0) is 0 Å². The van der Waals surface area contributed by atoms with Gasteiger partial charge < -0.3 is 15.0 Å². The Labute approximate surface area is 126 Å². The minimum atomic E-state index is 0. The lowest BCUT2D eigenvalue weighted by atomic mass is 10.1. The Kier molecular flexibility index (Phi) is 6.30. The van der Waals surface area contributed by atoms with Crippen LogP contribution in [-0.4, -0.2) is 43.1 Å². The van der Waals surface area contributed by atoms with Gasteiger partial charge in [0.05, 0.1) is 6.10 Å². The molecule has 0 bridgehead atoms. The van der Waals surface area contributed by atoms with Gasteiger partial charge in [-0.05, 0) is 45.0 Å². The highest BCUT2D eigenvalue weighted by molar-refractivity contribution is 5.94. The number of carbonyl (C=O) groups excluding carboxylic acids is 1. The smallest absolute Gasteiger partial charge is 0.254 e. The molecule has 0 saturated carbocycles. The Balaban J connectivity index is 0.00000200. The molecule has 1 N–H and O–H groups in total. The van der Waals surface area contributed by atoms with Crippen molar-refractivity contribution in [3.8, 4) is 5.75 Å². The quantitative estimate of drug-likeness (QED) is 0.927. The maximum atomic E-state index is 12.4. The number of likely N-dealkylation sites (N-methyl/N-ethyl adjacent to an activating group) is 1. The van der Waals surface area contributed by atoms with Gasteiger partial charge in [-0.3, -0.25) is 4.79 Å². The van der Waals surface area contributed by atoms with Crippen LogP contribution >= 0.6 is 12.4 Å². The first-order valence-electron chi connectivity index (χ1n) is 6.82. The Morgan fingerprint density at radius 1 is 1.45 bits per heavy atom. The summed E-state index contributed by atoms with van der Waals surface area (Å²) in [5.74, 6) is 0.807. The first kappa shape index (κ1) is 16.8. The Hall–Kier alpha value is -1.26. The van der Waals surface area contributed by atoms with Gasteiger partial charge in [-0.1, -0.05) is 6.07 Å². The fraction of sp³-hybridized carbons (Fsp3) is 0.533. The normalized spacial score (nSPS) is 17.7. The van der Waals surface area contributed by atoms with Gasteiger partial charge in [-0.2, -0.15) is 0 Å². The van der Waals surface area contributed by atoms with Gasteiger partial charge in [0.1, 0.15) is 5.75 Å². The van der Waals surface area contributed by atoms with Gasteiger partial charge in [0.2, 0.25) is 0 Å². The van der Waals surface area contributed by atoms with Crippen molar-refractivity contribution in [3.63, 3.8) is 0 Å². The fourth-order valence-electron chi connectivity index (χ4n) is 2.31. The van der Waals surface area contributed by atoms with Crippen molar-refractivity contribution < 1.29 is 9.53 Å². The van der Waals surface area contributed by atoms with Gasteiger partial charge in [0.15, 0.2) is 0 Å². The van der Waals surface area contributed by atoms with Crippen molar-refractivity contribution in [1.82, 2.24) is 10.2 Å². The first-order valence-corrected chi connectivity index (χ1v) is 6.82. The van der Waals surface area contributed by atoms with Crippen molar-refractivity contribution in [2.45, 2.75) is 32.4 Å². The number of hydrogen-bond acceptors (Lipinski definition) is 3. The summed E-state index contributed by atoms with van der Waals surface area (Å²) in [6, 6.07) is 7.71. The molecule has 112 valence electrons. The number of hydrogen-bond donors (Lipinski definition) is 1. The monoisotopic (exact) mass is 298 g/mol. The Morgan fingerprint density at radius 2 is 2.20 bits per heavy atom. The van der Waals surface area contributed by atoms with E-state index in [1.165, 1.54) is 0 Å². The molecule has 0 aromatic heterocycles. The second-order valence-corrected chi connectivity index (χ2v) is 5.26. The summed E-state index contributed by atoms with van der Waals surface area (Å²) in [6.07, 6.45) is 1.13. The molecule has 4 nitrogen and oxygen atoms in total. The van der Waals surface area contributed by atoms with Crippen LogP contribution in [0.2, 0.25) is 0 Å². The van der Waals surface area contributed by atoms with E-state index >= 15 is 0 Å². The van der Waals surface area contributed by atoms with E-state index in [1.54, 1.807) is 0 Å². The van der Waals surface area contributed by atoms with Crippen LogP contribution in [0, 0.1) is 0 Å². The van der Waals surface area contributed by atoms with Gasteiger partial charge in [-0.15, -0.1) is 12.4 Å². The molecule has 1 unspecified atom stereocenters. The number of amides is 1. The molecule has 0 aliphatic carbocycles. The average Bonchev–Trinajstić information content (AvgIpc) is 2.90. The molecular weight excluding hydrogens is 276 g/mol. The summed E-state index contributed by atoms with van der Waals surface area (Å²) in [5.41, 5.74) is 0.688. The van der Waals surface area contributed by atoms with Gasteiger partial charge in [0.25, 0.3) is 5.91 Å². The van der Waals surface area contributed by atoms with Gasteiger partial charge in [-0.25, -0.2) is 0 Å². The lowest BCUT2D eigenvalue weighted by Crippen LogP contribution is -2.38. The van der Waals surface area contributed by atoms with Crippen LogP contribution in [0.1, 0.15) is 30.6 Å². The molecule has 1 aliphatic heterocycles. The predicted molar refractivity (Wildman–Crippen MR) is 82.8 cm³/mol. The molecule has 1 amide bonds. The molecule has 1 aromatic carbocycles. The lowest BCUT2D eigenvalue weighted by Gasteiger charge is -2.24. The number of nitrogens with one attached hydrogen (secondary N) is 1. The van der Waals surface area contributed by atoms with Crippen molar-refractivity contribution in [2.24, 2.45) is 0 Å². The van der Waals surface area contributed by atoms with E-state index in [0.29, 0.717) is 11.6 Å². The van der Waals surface area contributed by atoms with Crippen LogP contribution in [0.3, 0.4) is 0 Å². The van der Waals surface area contributed by atoms with Crippen LogP contribution in [0.25, 0.3) is 0 Å². The molecule has 1 fully saturated rings. The van der Waals surface area contributed by atoms with Crippen molar-refractivity contribution in [2.75, 3.05) is 20.1 Å². The highest BCUT2D eigenvalue weighted by Gasteiger charge is 2.24. The highest BCUT2D eigenvalue weighted by atomic mass is 35.5. The molecular formula is C15H23ClN2O2. The van der Waals surface area contributed by atoms with Crippen LogP contribution in [0.4, 0.5) is 0 Å². The number of halogens is 1. The zero-order chi connectivity index (χ0) is 13.8. The minimum Gasteiger partial charge on any atom is -0.491 e. The number of carbonyl (C=O) groups is 1. The number of benzene rings is 1. The van der Waals surface area contributed by atoms with E-state index in [2.05, 4.69) is 5.32 Å². The van der Waals surface area contributed by atoms with Crippen molar-refractivity contribution >= 4 is 18.3 Å².